The fourth-order valence-corrected chi connectivity index (χ4v) is 1.98. The van der Waals surface area contributed by atoms with Crippen LogP contribution in [0.3, 0.4) is 0 Å². The van der Waals surface area contributed by atoms with E-state index in [0.29, 0.717) is 11.5 Å². The van der Waals surface area contributed by atoms with Crippen molar-refractivity contribution in [1.29, 1.82) is 0 Å². The van der Waals surface area contributed by atoms with Gasteiger partial charge in [-0.05, 0) is 25.0 Å². The molecule has 8 nitrogen and oxygen atoms in total. The lowest BCUT2D eigenvalue weighted by Gasteiger charge is -2.24. The number of esters is 1. The summed E-state index contributed by atoms with van der Waals surface area (Å²) in [6.07, 6.45) is 0.881. The van der Waals surface area contributed by atoms with Crippen LogP contribution < -0.4 is 20.1 Å². The summed E-state index contributed by atoms with van der Waals surface area (Å²) in [5.41, 5.74) is 0. The summed E-state index contributed by atoms with van der Waals surface area (Å²) >= 11 is 0. The molecule has 1 atom stereocenters. The molecule has 0 spiro atoms. The fourth-order valence-electron chi connectivity index (χ4n) is 1.98. The van der Waals surface area contributed by atoms with E-state index in [1.807, 2.05) is 0 Å². The van der Waals surface area contributed by atoms with E-state index >= 15 is 0 Å². The normalized spacial score (nSPS) is 18.7. The lowest BCUT2D eigenvalue weighted by Crippen LogP contribution is -2.44. The number of imide groups is 1. The number of fused-ring (bicyclic) bond motifs is 1. The Morgan fingerprint density at radius 1 is 1.17 bits per heavy atom. The second kappa shape index (κ2) is 6.55. The van der Waals surface area contributed by atoms with Crippen molar-refractivity contribution < 1.29 is 28.6 Å². The third kappa shape index (κ3) is 4.12. The SMILES string of the molecule is O=C(COC(=O)[C@@H]1COc2ccccc2O1)NC(=O)NC1CC1. The van der Waals surface area contributed by atoms with Gasteiger partial charge in [0.1, 0.15) is 6.61 Å². The van der Waals surface area contributed by atoms with Gasteiger partial charge in [0.05, 0.1) is 0 Å². The number of hydrogen-bond acceptors (Lipinski definition) is 6. The average molecular weight is 320 g/mol. The minimum atomic E-state index is -0.946. The van der Waals surface area contributed by atoms with Crippen molar-refractivity contribution in [2.45, 2.75) is 25.0 Å². The molecule has 0 aromatic heterocycles. The van der Waals surface area contributed by atoms with Crippen LogP contribution in [0.5, 0.6) is 11.5 Å². The number of ether oxygens (including phenoxy) is 3. The third-order valence-corrected chi connectivity index (χ3v) is 3.28. The molecule has 2 N–H and O–H groups in total. The smallest absolute Gasteiger partial charge is 0.351 e. The van der Waals surface area contributed by atoms with Gasteiger partial charge < -0.3 is 19.5 Å². The van der Waals surface area contributed by atoms with Crippen molar-refractivity contribution in [3.63, 3.8) is 0 Å². The minimum Gasteiger partial charge on any atom is -0.485 e. The number of amides is 3. The first-order chi connectivity index (χ1) is 11.1. The predicted octanol–water partition coefficient (Wildman–Crippen LogP) is 0.358. The summed E-state index contributed by atoms with van der Waals surface area (Å²) in [7, 11) is 0. The van der Waals surface area contributed by atoms with E-state index in [1.54, 1.807) is 24.3 Å². The Morgan fingerprint density at radius 3 is 2.65 bits per heavy atom. The van der Waals surface area contributed by atoms with Gasteiger partial charge in [-0.25, -0.2) is 9.59 Å². The molecule has 8 heteroatoms. The highest BCUT2D eigenvalue weighted by Gasteiger charge is 2.29. The number of hydrogen-bond donors (Lipinski definition) is 2. The standard InChI is InChI=1S/C15H16N2O6/c18-13(17-15(20)16-9-5-6-9)8-22-14(19)12-7-21-10-3-1-2-4-11(10)23-12/h1-4,9,12H,5-8H2,(H2,16,17,18,20)/t12-/m0/s1. The summed E-state index contributed by atoms with van der Waals surface area (Å²) < 4.78 is 15.7. The van der Waals surface area contributed by atoms with E-state index in [0.717, 1.165) is 12.8 Å². The zero-order chi connectivity index (χ0) is 16.2. The summed E-state index contributed by atoms with van der Waals surface area (Å²) in [5.74, 6) is -0.439. The summed E-state index contributed by atoms with van der Waals surface area (Å²) in [5, 5.41) is 4.68. The highest BCUT2D eigenvalue weighted by atomic mass is 16.6. The Hall–Kier alpha value is -2.77. The Kier molecular flexibility index (Phi) is 4.31. The minimum absolute atomic E-state index is 0.000365. The van der Waals surface area contributed by atoms with Gasteiger partial charge in [-0.15, -0.1) is 0 Å². The van der Waals surface area contributed by atoms with E-state index in [1.165, 1.54) is 0 Å². The van der Waals surface area contributed by atoms with Crippen LogP contribution >= 0.6 is 0 Å². The van der Waals surface area contributed by atoms with Crippen LogP contribution in [0.1, 0.15) is 12.8 Å². The predicted molar refractivity (Wildman–Crippen MR) is 77.0 cm³/mol. The Labute approximate surface area is 132 Å². The van der Waals surface area contributed by atoms with Gasteiger partial charge in [0.15, 0.2) is 18.1 Å². The van der Waals surface area contributed by atoms with Gasteiger partial charge in [-0.3, -0.25) is 10.1 Å². The largest absolute Gasteiger partial charge is 0.485 e. The van der Waals surface area contributed by atoms with Gasteiger partial charge >= 0.3 is 12.0 Å². The molecule has 1 aliphatic heterocycles. The number of para-hydroxylation sites is 2. The number of carbonyl (C=O) groups excluding carboxylic acids is 3. The molecule has 1 fully saturated rings. The maximum Gasteiger partial charge on any atom is 0.351 e. The quantitative estimate of drug-likeness (QED) is 0.776. The van der Waals surface area contributed by atoms with Crippen molar-refractivity contribution >= 4 is 17.9 Å². The molecule has 1 aliphatic carbocycles. The first-order valence-corrected chi connectivity index (χ1v) is 7.27. The molecule has 0 radical (unpaired) electrons. The van der Waals surface area contributed by atoms with Gasteiger partial charge in [0, 0.05) is 6.04 Å². The van der Waals surface area contributed by atoms with Crippen molar-refractivity contribution in [3.8, 4) is 11.5 Å². The number of benzene rings is 1. The molecule has 1 aromatic carbocycles. The number of urea groups is 1. The molecule has 2 aliphatic rings. The zero-order valence-electron chi connectivity index (χ0n) is 12.2. The molecular formula is C15H16N2O6. The van der Waals surface area contributed by atoms with Crippen LogP contribution in [0.15, 0.2) is 24.3 Å². The van der Waals surface area contributed by atoms with Crippen molar-refractivity contribution in [3.05, 3.63) is 24.3 Å². The second-order valence-electron chi connectivity index (χ2n) is 5.27. The number of nitrogens with one attached hydrogen (secondary N) is 2. The maximum atomic E-state index is 11.9. The molecule has 1 aromatic rings. The van der Waals surface area contributed by atoms with E-state index < -0.39 is 30.6 Å². The van der Waals surface area contributed by atoms with Gasteiger partial charge in [0.25, 0.3) is 5.91 Å². The van der Waals surface area contributed by atoms with Crippen LogP contribution in [0.4, 0.5) is 4.79 Å². The van der Waals surface area contributed by atoms with E-state index in [2.05, 4.69) is 10.6 Å². The lowest BCUT2D eigenvalue weighted by atomic mass is 10.2. The highest BCUT2D eigenvalue weighted by molar-refractivity contribution is 5.95. The summed E-state index contributed by atoms with van der Waals surface area (Å²) in [6.45, 7) is -0.557. The molecule has 122 valence electrons. The first-order valence-electron chi connectivity index (χ1n) is 7.27. The van der Waals surface area contributed by atoms with Crippen LogP contribution in [-0.2, 0) is 14.3 Å². The van der Waals surface area contributed by atoms with Crippen molar-refractivity contribution in [2.24, 2.45) is 0 Å². The molecule has 0 bridgehead atoms. The topological polar surface area (TPSA) is 103 Å². The zero-order valence-corrected chi connectivity index (χ0v) is 12.2. The molecular weight excluding hydrogens is 304 g/mol. The molecule has 1 saturated carbocycles. The van der Waals surface area contributed by atoms with Crippen LogP contribution in [0.2, 0.25) is 0 Å². The van der Waals surface area contributed by atoms with Crippen LogP contribution in [0.25, 0.3) is 0 Å². The summed E-state index contributed by atoms with van der Waals surface area (Å²) in [6, 6.07) is 6.49. The molecule has 1 heterocycles. The van der Waals surface area contributed by atoms with Gasteiger partial charge in [-0.2, -0.15) is 0 Å². The van der Waals surface area contributed by atoms with E-state index in [-0.39, 0.29) is 12.6 Å². The van der Waals surface area contributed by atoms with Crippen LogP contribution in [0, 0.1) is 0 Å². The maximum absolute atomic E-state index is 11.9. The molecule has 3 rings (SSSR count). The second-order valence-corrected chi connectivity index (χ2v) is 5.27. The monoisotopic (exact) mass is 320 g/mol. The summed E-state index contributed by atoms with van der Waals surface area (Å²) in [4.78, 5) is 34.8. The van der Waals surface area contributed by atoms with E-state index in [4.69, 9.17) is 14.2 Å². The van der Waals surface area contributed by atoms with Gasteiger partial charge in [0.2, 0.25) is 6.10 Å². The Bertz CT molecular complexity index is 628. The number of carbonyl (C=O) groups is 3. The Balaban J connectivity index is 1.42. The van der Waals surface area contributed by atoms with Crippen molar-refractivity contribution in [2.75, 3.05) is 13.2 Å². The lowest BCUT2D eigenvalue weighted by molar-refractivity contribution is -0.157. The van der Waals surface area contributed by atoms with Crippen molar-refractivity contribution in [1.82, 2.24) is 10.6 Å². The average Bonchev–Trinajstić information content (AvgIpc) is 3.35. The molecule has 0 saturated heterocycles. The molecule has 0 unspecified atom stereocenters. The Morgan fingerprint density at radius 2 is 1.91 bits per heavy atom. The molecule has 3 amide bonds. The third-order valence-electron chi connectivity index (χ3n) is 3.28. The van der Waals surface area contributed by atoms with Crippen LogP contribution in [-0.4, -0.2) is 43.3 Å². The number of rotatable bonds is 4. The highest BCUT2D eigenvalue weighted by Crippen LogP contribution is 2.31. The first kappa shape index (κ1) is 15.1. The fraction of sp³-hybridized carbons (Fsp3) is 0.400. The molecule has 23 heavy (non-hydrogen) atoms. The van der Waals surface area contributed by atoms with E-state index in [9.17, 15) is 14.4 Å². The van der Waals surface area contributed by atoms with Gasteiger partial charge in [-0.1, -0.05) is 12.1 Å².